The van der Waals surface area contributed by atoms with E-state index in [1.807, 2.05) is 6.07 Å². The Hall–Kier alpha value is -3.69. The lowest BCUT2D eigenvalue weighted by Gasteiger charge is -2.28. The lowest BCUT2D eigenvalue weighted by atomic mass is 10.0. The minimum Gasteiger partial charge on any atom is -0.304 e. The fraction of sp³-hybridized carbons (Fsp3) is 0.355. The van der Waals surface area contributed by atoms with E-state index in [1.54, 1.807) is 24.3 Å². The second kappa shape index (κ2) is 11.4. The number of halogens is 3. The molecule has 1 atom stereocenters. The Labute approximate surface area is 231 Å². The zero-order valence-corrected chi connectivity index (χ0v) is 22.2. The normalized spacial score (nSPS) is 18.1. The molecular formula is C31H32F3N5O. The molecule has 1 aromatic heterocycles. The number of amides is 1. The minimum absolute atomic E-state index is 0.0321. The first-order chi connectivity index (χ1) is 19.4. The molecule has 0 saturated carbocycles. The fourth-order valence-corrected chi connectivity index (χ4v) is 6.04. The van der Waals surface area contributed by atoms with Gasteiger partial charge in [0, 0.05) is 30.6 Å². The molecule has 0 radical (unpaired) electrons. The van der Waals surface area contributed by atoms with E-state index >= 15 is 0 Å². The molecule has 0 spiro atoms. The number of likely N-dealkylation sites (tertiary alicyclic amines) is 2. The van der Waals surface area contributed by atoms with Gasteiger partial charge in [-0.15, -0.1) is 0 Å². The molecule has 2 saturated heterocycles. The predicted octanol–water partition coefficient (Wildman–Crippen LogP) is 5.88. The van der Waals surface area contributed by atoms with Crippen molar-refractivity contribution in [2.45, 2.75) is 44.7 Å². The molecule has 208 valence electrons. The van der Waals surface area contributed by atoms with Crippen LogP contribution in [-0.4, -0.2) is 58.1 Å². The van der Waals surface area contributed by atoms with Crippen LogP contribution in [0.15, 0.2) is 54.6 Å². The first kappa shape index (κ1) is 26.5. The molecule has 9 heteroatoms. The number of anilines is 1. The summed E-state index contributed by atoms with van der Waals surface area (Å²) in [6, 6.07) is 14.1. The van der Waals surface area contributed by atoms with Gasteiger partial charge in [-0.2, -0.15) is 5.10 Å². The number of nitrogens with zero attached hydrogens (tertiary/aromatic N) is 3. The van der Waals surface area contributed by atoms with Crippen molar-refractivity contribution in [3.05, 3.63) is 94.3 Å². The first-order valence-electron chi connectivity index (χ1n) is 13.9. The van der Waals surface area contributed by atoms with Crippen LogP contribution in [0.4, 0.5) is 19.0 Å². The molecule has 3 aromatic carbocycles. The van der Waals surface area contributed by atoms with Gasteiger partial charge >= 0.3 is 0 Å². The number of carbonyl (C=O) groups excluding carboxylic acids is 1. The number of aromatic amines is 1. The first-order valence-corrected chi connectivity index (χ1v) is 13.9. The second-order valence-electron chi connectivity index (χ2n) is 10.9. The van der Waals surface area contributed by atoms with E-state index in [-0.39, 0.29) is 11.4 Å². The summed E-state index contributed by atoms with van der Waals surface area (Å²) in [5.41, 5.74) is 2.82. The standard InChI is InChI=1S/C31H32F3N5O/c32-23-13-22(14-24(33)17-23)12-20-6-8-29-27(15-20)30(37-36-29)35-31(40)26-16-21(5-7-28(26)34)18-39-11-3-4-25(39)19-38-9-1-2-10-38/h5-8,13-17,25H,1-4,9-12,18-19H2,(H2,35,36,37,40)/t25-/m1/s1. The van der Waals surface area contributed by atoms with Gasteiger partial charge in [-0.05, 0) is 105 Å². The van der Waals surface area contributed by atoms with Gasteiger partial charge < -0.3 is 10.2 Å². The predicted molar refractivity (Wildman–Crippen MR) is 149 cm³/mol. The average Bonchev–Trinajstić information content (AvgIpc) is 3.68. The Morgan fingerprint density at radius 1 is 0.900 bits per heavy atom. The lowest BCUT2D eigenvalue weighted by Crippen LogP contribution is -2.38. The van der Waals surface area contributed by atoms with Gasteiger partial charge in [-0.25, -0.2) is 13.2 Å². The van der Waals surface area contributed by atoms with Gasteiger partial charge in [0.15, 0.2) is 5.82 Å². The number of rotatable bonds is 8. The summed E-state index contributed by atoms with van der Waals surface area (Å²) in [6.07, 6.45) is 5.14. The quantitative estimate of drug-likeness (QED) is 0.289. The maximum Gasteiger partial charge on any atom is 0.259 e. The monoisotopic (exact) mass is 547 g/mol. The van der Waals surface area contributed by atoms with Crippen LogP contribution in [0.25, 0.3) is 10.9 Å². The third-order valence-electron chi connectivity index (χ3n) is 8.02. The highest BCUT2D eigenvalue weighted by Gasteiger charge is 2.28. The van der Waals surface area contributed by atoms with E-state index in [1.165, 1.54) is 31.0 Å². The number of benzene rings is 3. The third kappa shape index (κ3) is 5.90. The smallest absolute Gasteiger partial charge is 0.259 e. The summed E-state index contributed by atoms with van der Waals surface area (Å²) in [6.45, 7) is 5.07. The van der Waals surface area contributed by atoms with Gasteiger partial charge in [0.1, 0.15) is 17.5 Å². The van der Waals surface area contributed by atoms with E-state index in [4.69, 9.17) is 0 Å². The molecule has 3 heterocycles. The highest BCUT2D eigenvalue weighted by atomic mass is 19.1. The van der Waals surface area contributed by atoms with Crippen molar-refractivity contribution in [1.82, 2.24) is 20.0 Å². The SMILES string of the molecule is O=C(Nc1n[nH]c2ccc(Cc3cc(F)cc(F)c3)cc12)c1cc(CN2CCC[C@@H]2CN2CCCC2)ccc1F. The summed E-state index contributed by atoms with van der Waals surface area (Å²) in [5.74, 6) is -2.18. The summed E-state index contributed by atoms with van der Waals surface area (Å²) < 4.78 is 42.1. The van der Waals surface area contributed by atoms with Crippen molar-refractivity contribution >= 4 is 22.6 Å². The highest BCUT2D eigenvalue weighted by Crippen LogP contribution is 2.26. The molecule has 6 nitrogen and oxygen atoms in total. The lowest BCUT2D eigenvalue weighted by molar-refractivity contribution is 0.102. The topological polar surface area (TPSA) is 64.3 Å². The molecule has 2 aliphatic heterocycles. The minimum atomic E-state index is -0.636. The number of hydrogen-bond acceptors (Lipinski definition) is 4. The van der Waals surface area contributed by atoms with Crippen molar-refractivity contribution in [2.24, 2.45) is 0 Å². The maximum atomic E-state index is 14.8. The molecule has 1 amide bonds. The average molecular weight is 548 g/mol. The molecule has 0 unspecified atom stereocenters. The van der Waals surface area contributed by atoms with Gasteiger partial charge in [0.05, 0.1) is 11.1 Å². The number of fused-ring (bicyclic) bond motifs is 1. The summed E-state index contributed by atoms with van der Waals surface area (Å²) in [5, 5.41) is 10.5. The summed E-state index contributed by atoms with van der Waals surface area (Å²) in [4.78, 5) is 18.2. The molecule has 2 N–H and O–H groups in total. The van der Waals surface area contributed by atoms with Crippen LogP contribution in [0.1, 0.15) is 52.7 Å². The van der Waals surface area contributed by atoms with E-state index in [2.05, 4.69) is 25.3 Å². The van der Waals surface area contributed by atoms with Crippen LogP contribution in [0.5, 0.6) is 0 Å². The van der Waals surface area contributed by atoms with Crippen molar-refractivity contribution < 1.29 is 18.0 Å². The van der Waals surface area contributed by atoms with Crippen molar-refractivity contribution in [3.8, 4) is 0 Å². The Morgan fingerprint density at radius 2 is 1.68 bits per heavy atom. The van der Waals surface area contributed by atoms with Crippen LogP contribution in [-0.2, 0) is 13.0 Å². The van der Waals surface area contributed by atoms with Gasteiger partial charge in [-0.1, -0.05) is 12.1 Å². The number of carbonyl (C=O) groups is 1. The third-order valence-corrected chi connectivity index (χ3v) is 8.02. The van der Waals surface area contributed by atoms with Crippen molar-refractivity contribution in [3.63, 3.8) is 0 Å². The number of nitrogens with one attached hydrogen (secondary N) is 2. The number of H-pyrrole nitrogens is 1. The second-order valence-corrected chi connectivity index (χ2v) is 10.9. The van der Waals surface area contributed by atoms with Gasteiger partial charge in [0.2, 0.25) is 0 Å². The molecule has 2 aliphatic rings. The zero-order valence-electron chi connectivity index (χ0n) is 22.2. The Balaban J connectivity index is 1.17. The van der Waals surface area contributed by atoms with Crippen LogP contribution in [0.2, 0.25) is 0 Å². The summed E-state index contributed by atoms with van der Waals surface area (Å²) >= 11 is 0. The van der Waals surface area contributed by atoms with E-state index < -0.39 is 23.4 Å². The number of aromatic nitrogens is 2. The number of hydrogen-bond donors (Lipinski definition) is 2. The molecule has 2 fully saturated rings. The van der Waals surface area contributed by atoms with Gasteiger partial charge in [-0.3, -0.25) is 14.8 Å². The molecule has 0 aliphatic carbocycles. The fourth-order valence-electron chi connectivity index (χ4n) is 6.04. The van der Waals surface area contributed by atoms with E-state index in [0.29, 0.717) is 35.5 Å². The van der Waals surface area contributed by atoms with Crippen LogP contribution >= 0.6 is 0 Å². The van der Waals surface area contributed by atoms with Crippen LogP contribution in [0, 0.1) is 17.5 Å². The Kier molecular flexibility index (Phi) is 7.58. The molecule has 40 heavy (non-hydrogen) atoms. The largest absolute Gasteiger partial charge is 0.304 e. The van der Waals surface area contributed by atoms with E-state index in [9.17, 15) is 18.0 Å². The Morgan fingerprint density at radius 3 is 2.48 bits per heavy atom. The van der Waals surface area contributed by atoms with Gasteiger partial charge in [0.25, 0.3) is 5.91 Å². The van der Waals surface area contributed by atoms with E-state index in [0.717, 1.165) is 56.2 Å². The summed E-state index contributed by atoms with van der Waals surface area (Å²) in [7, 11) is 0. The molecular weight excluding hydrogens is 515 g/mol. The van der Waals surface area contributed by atoms with Crippen molar-refractivity contribution in [2.75, 3.05) is 31.5 Å². The van der Waals surface area contributed by atoms with Crippen LogP contribution in [0.3, 0.4) is 0 Å². The zero-order chi connectivity index (χ0) is 27.6. The van der Waals surface area contributed by atoms with Crippen molar-refractivity contribution in [1.29, 1.82) is 0 Å². The molecule has 4 aromatic rings. The van der Waals surface area contributed by atoms with Crippen LogP contribution < -0.4 is 5.32 Å². The highest BCUT2D eigenvalue weighted by molar-refractivity contribution is 6.08. The molecule has 0 bridgehead atoms. The Bertz CT molecular complexity index is 1510. The maximum absolute atomic E-state index is 14.8. The molecule has 6 rings (SSSR count).